The van der Waals surface area contributed by atoms with E-state index in [9.17, 15) is 0 Å². The second-order valence-electron chi connectivity index (χ2n) is 3.31. The Kier molecular flexibility index (Phi) is 2.68. The number of nitrogens with zero attached hydrogens (tertiary/aromatic N) is 2. The maximum atomic E-state index is 5.81. The third-order valence-corrected chi connectivity index (χ3v) is 2.91. The largest absolute Gasteiger partial charge is 0.369 e. The summed E-state index contributed by atoms with van der Waals surface area (Å²) in [6, 6.07) is 8.23. The third-order valence-electron chi connectivity index (χ3n) is 2.19. The Hall–Kier alpha value is -1.42. The maximum absolute atomic E-state index is 5.81. The maximum Gasteiger partial charge on any atom is 0.205 e. The van der Waals surface area contributed by atoms with Crippen molar-refractivity contribution in [2.24, 2.45) is 0 Å². The minimum atomic E-state index is 0.533. The van der Waals surface area contributed by atoms with E-state index in [0.717, 1.165) is 11.4 Å². The molecule has 15 heavy (non-hydrogen) atoms. The smallest absolute Gasteiger partial charge is 0.205 e. The molecule has 0 atom stereocenters. The summed E-state index contributed by atoms with van der Waals surface area (Å²) in [5.74, 6) is 0.533. The van der Waals surface area contributed by atoms with E-state index in [1.54, 1.807) is 11.8 Å². The molecule has 2 N–H and O–H groups in total. The molecule has 0 unspecified atom stereocenters. The van der Waals surface area contributed by atoms with Gasteiger partial charge in [0.2, 0.25) is 5.95 Å². The van der Waals surface area contributed by atoms with Crippen molar-refractivity contribution < 1.29 is 0 Å². The summed E-state index contributed by atoms with van der Waals surface area (Å²) in [6.45, 7) is 1.94. The first-order valence-electron chi connectivity index (χ1n) is 4.66. The minimum absolute atomic E-state index is 0.533. The number of imidazole rings is 1. The van der Waals surface area contributed by atoms with Crippen molar-refractivity contribution in [2.75, 3.05) is 12.0 Å². The van der Waals surface area contributed by atoms with Crippen molar-refractivity contribution >= 4 is 17.7 Å². The second-order valence-corrected chi connectivity index (χ2v) is 4.19. The average molecular weight is 219 g/mol. The number of benzene rings is 1. The van der Waals surface area contributed by atoms with Crippen LogP contribution in [-0.2, 0) is 0 Å². The van der Waals surface area contributed by atoms with Crippen LogP contribution in [0.4, 0.5) is 5.95 Å². The van der Waals surface area contributed by atoms with Crippen LogP contribution >= 0.6 is 11.8 Å². The lowest BCUT2D eigenvalue weighted by Crippen LogP contribution is -1.99. The first-order valence-corrected chi connectivity index (χ1v) is 5.89. The Morgan fingerprint density at radius 1 is 1.40 bits per heavy atom. The molecule has 78 valence electrons. The summed E-state index contributed by atoms with van der Waals surface area (Å²) in [4.78, 5) is 5.40. The summed E-state index contributed by atoms with van der Waals surface area (Å²) in [6.07, 6.45) is 4.00. The fourth-order valence-corrected chi connectivity index (χ4v) is 1.94. The normalized spacial score (nSPS) is 10.5. The lowest BCUT2D eigenvalue weighted by atomic mass is 10.3. The van der Waals surface area contributed by atoms with Gasteiger partial charge in [0.05, 0.1) is 5.69 Å². The Labute approximate surface area is 93.3 Å². The number of nitrogen functional groups attached to an aromatic ring is 1. The SMILES string of the molecule is CSc1cccc(-n2cc(C)nc2N)c1. The third kappa shape index (κ3) is 1.99. The summed E-state index contributed by atoms with van der Waals surface area (Å²) < 4.78 is 1.90. The molecule has 0 aliphatic rings. The Bertz CT molecular complexity index is 476. The number of aromatic nitrogens is 2. The molecule has 2 rings (SSSR count). The molecule has 0 spiro atoms. The molecule has 0 amide bonds. The van der Waals surface area contributed by atoms with Crippen LogP contribution in [0.5, 0.6) is 0 Å². The molecular formula is C11H13N3S. The number of rotatable bonds is 2. The van der Waals surface area contributed by atoms with Gasteiger partial charge < -0.3 is 5.73 Å². The molecule has 2 aromatic rings. The first kappa shape index (κ1) is 10.1. The number of aryl methyl sites for hydroxylation is 1. The van der Waals surface area contributed by atoms with E-state index in [1.807, 2.05) is 29.8 Å². The molecule has 1 aromatic heterocycles. The van der Waals surface area contributed by atoms with Gasteiger partial charge in [0, 0.05) is 16.8 Å². The Morgan fingerprint density at radius 2 is 2.20 bits per heavy atom. The van der Waals surface area contributed by atoms with Gasteiger partial charge in [-0.25, -0.2) is 4.98 Å². The lowest BCUT2D eigenvalue weighted by Gasteiger charge is -2.05. The van der Waals surface area contributed by atoms with Crippen molar-refractivity contribution in [1.29, 1.82) is 0 Å². The number of hydrogen-bond donors (Lipinski definition) is 1. The molecule has 0 aliphatic heterocycles. The number of anilines is 1. The van der Waals surface area contributed by atoms with E-state index >= 15 is 0 Å². The van der Waals surface area contributed by atoms with Crippen LogP contribution in [0.25, 0.3) is 5.69 Å². The van der Waals surface area contributed by atoms with Gasteiger partial charge in [-0.05, 0) is 31.4 Å². The molecule has 0 saturated heterocycles. The van der Waals surface area contributed by atoms with Gasteiger partial charge in [0.25, 0.3) is 0 Å². The second kappa shape index (κ2) is 3.98. The van der Waals surface area contributed by atoms with Crippen LogP contribution < -0.4 is 5.73 Å². The molecular weight excluding hydrogens is 206 g/mol. The molecule has 0 aliphatic carbocycles. The lowest BCUT2D eigenvalue weighted by molar-refractivity contribution is 1.06. The van der Waals surface area contributed by atoms with Crippen LogP contribution in [-0.4, -0.2) is 15.8 Å². The van der Waals surface area contributed by atoms with E-state index in [2.05, 4.69) is 23.4 Å². The van der Waals surface area contributed by atoms with Crippen LogP contribution in [0.15, 0.2) is 35.4 Å². The summed E-state index contributed by atoms with van der Waals surface area (Å²) in [5.41, 5.74) is 7.80. The van der Waals surface area contributed by atoms with Gasteiger partial charge >= 0.3 is 0 Å². The summed E-state index contributed by atoms with van der Waals surface area (Å²) in [5, 5.41) is 0. The zero-order valence-electron chi connectivity index (χ0n) is 8.77. The van der Waals surface area contributed by atoms with Crippen LogP contribution in [0, 0.1) is 6.92 Å². The van der Waals surface area contributed by atoms with E-state index in [-0.39, 0.29) is 0 Å². The van der Waals surface area contributed by atoms with Gasteiger partial charge in [-0.1, -0.05) is 6.07 Å². The van der Waals surface area contributed by atoms with Crippen molar-refractivity contribution in [3.8, 4) is 5.69 Å². The Morgan fingerprint density at radius 3 is 2.80 bits per heavy atom. The predicted molar refractivity (Wildman–Crippen MR) is 64.5 cm³/mol. The fraction of sp³-hybridized carbons (Fsp3) is 0.182. The highest BCUT2D eigenvalue weighted by Gasteiger charge is 2.03. The van der Waals surface area contributed by atoms with Crippen molar-refractivity contribution in [2.45, 2.75) is 11.8 Å². The quantitative estimate of drug-likeness (QED) is 0.789. The van der Waals surface area contributed by atoms with Crippen LogP contribution in [0.3, 0.4) is 0 Å². The average Bonchev–Trinajstić information content (AvgIpc) is 2.58. The first-order chi connectivity index (χ1) is 7.20. The van der Waals surface area contributed by atoms with E-state index in [4.69, 9.17) is 5.73 Å². The number of thioether (sulfide) groups is 1. The van der Waals surface area contributed by atoms with Crippen LogP contribution in [0.1, 0.15) is 5.69 Å². The van der Waals surface area contributed by atoms with Gasteiger partial charge in [-0.3, -0.25) is 4.57 Å². The number of nitrogens with two attached hydrogens (primary N) is 1. The molecule has 3 nitrogen and oxygen atoms in total. The topological polar surface area (TPSA) is 43.8 Å². The van der Waals surface area contributed by atoms with Gasteiger partial charge in [-0.15, -0.1) is 11.8 Å². The van der Waals surface area contributed by atoms with Crippen molar-refractivity contribution in [1.82, 2.24) is 9.55 Å². The predicted octanol–water partition coefficient (Wildman–Crippen LogP) is 2.48. The van der Waals surface area contributed by atoms with E-state index in [1.165, 1.54) is 4.90 Å². The Balaban J connectivity index is 2.49. The molecule has 0 radical (unpaired) electrons. The van der Waals surface area contributed by atoms with Gasteiger partial charge in [0.1, 0.15) is 0 Å². The van der Waals surface area contributed by atoms with E-state index in [0.29, 0.717) is 5.95 Å². The number of hydrogen-bond acceptors (Lipinski definition) is 3. The standard InChI is InChI=1S/C11H13N3S/c1-8-7-14(11(12)13-8)9-4-3-5-10(6-9)15-2/h3-7H,1-2H3,(H2,12,13). The van der Waals surface area contributed by atoms with Gasteiger partial charge in [-0.2, -0.15) is 0 Å². The summed E-state index contributed by atoms with van der Waals surface area (Å²) >= 11 is 1.72. The molecule has 0 bridgehead atoms. The van der Waals surface area contributed by atoms with Crippen molar-refractivity contribution in [3.05, 3.63) is 36.2 Å². The highest BCUT2D eigenvalue weighted by molar-refractivity contribution is 7.98. The van der Waals surface area contributed by atoms with Crippen LogP contribution in [0.2, 0.25) is 0 Å². The monoisotopic (exact) mass is 219 g/mol. The molecule has 1 heterocycles. The zero-order valence-corrected chi connectivity index (χ0v) is 9.58. The highest BCUT2D eigenvalue weighted by atomic mass is 32.2. The molecule has 0 fully saturated rings. The molecule has 1 aromatic carbocycles. The molecule has 4 heteroatoms. The van der Waals surface area contributed by atoms with E-state index < -0.39 is 0 Å². The molecule has 0 saturated carbocycles. The summed E-state index contributed by atoms with van der Waals surface area (Å²) in [7, 11) is 0. The minimum Gasteiger partial charge on any atom is -0.369 e. The van der Waals surface area contributed by atoms with Crippen molar-refractivity contribution in [3.63, 3.8) is 0 Å². The highest BCUT2D eigenvalue weighted by Crippen LogP contribution is 2.20. The van der Waals surface area contributed by atoms with Gasteiger partial charge in [0.15, 0.2) is 0 Å². The fourth-order valence-electron chi connectivity index (χ4n) is 1.48. The zero-order chi connectivity index (χ0) is 10.8.